The number of halogens is 2. The Balaban J connectivity index is 2.49. The first-order valence-corrected chi connectivity index (χ1v) is 6.45. The van der Waals surface area contributed by atoms with Gasteiger partial charge in [-0.2, -0.15) is 0 Å². The highest BCUT2D eigenvalue weighted by Gasteiger charge is 2.13. The third-order valence-electron chi connectivity index (χ3n) is 2.89. The fraction of sp³-hybridized carbons (Fsp3) is 0.385. The summed E-state index contributed by atoms with van der Waals surface area (Å²) in [4.78, 5) is 0. The van der Waals surface area contributed by atoms with E-state index in [1.165, 1.54) is 6.07 Å². The van der Waals surface area contributed by atoms with Crippen molar-refractivity contribution in [3.8, 4) is 0 Å². The van der Waals surface area contributed by atoms with Gasteiger partial charge in [-0.3, -0.25) is 0 Å². The lowest BCUT2D eigenvalue weighted by Gasteiger charge is -2.09. The van der Waals surface area contributed by atoms with E-state index in [-0.39, 0.29) is 5.82 Å². The van der Waals surface area contributed by atoms with Gasteiger partial charge in [0.25, 0.3) is 0 Å². The Morgan fingerprint density at radius 2 is 2.12 bits per heavy atom. The minimum absolute atomic E-state index is 0.202. The number of nitrogens with zero attached hydrogens (tertiary/aromatic N) is 1. The second-order valence-corrected chi connectivity index (χ2v) is 5.31. The maximum absolute atomic E-state index is 13.2. The summed E-state index contributed by atoms with van der Waals surface area (Å²) in [6.45, 7) is 4.98. The van der Waals surface area contributed by atoms with Crippen molar-refractivity contribution in [1.29, 1.82) is 0 Å². The van der Waals surface area contributed by atoms with Crippen LogP contribution in [0.3, 0.4) is 0 Å². The molecule has 1 heterocycles. The normalized spacial score (nSPS) is 11.6. The van der Waals surface area contributed by atoms with Crippen molar-refractivity contribution in [2.24, 2.45) is 7.05 Å². The molecule has 0 amide bonds. The topological polar surface area (TPSA) is 17.0 Å². The Morgan fingerprint density at radius 1 is 1.41 bits per heavy atom. The summed E-state index contributed by atoms with van der Waals surface area (Å²) in [5.41, 5.74) is 2.18. The Labute approximate surface area is 109 Å². The van der Waals surface area contributed by atoms with E-state index >= 15 is 0 Å². The molecule has 2 rings (SSSR count). The van der Waals surface area contributed by atoms with Gasteiger partial charge in [-0.1, -0.05) is 13.8 Å². The molecule has 92 valence electrons. The number of aryl methyl sites for hydroxylation is 1. The highest BCUT2D eigenvalue weighted by Crippen LogP contribution is 2.30. The van der Waals surface area contributed by atoms with Crippen LogP contribution in [0.25, 0.3) is 10.9 Å². The van der Waals surface area contributed by atoms with Gasteiger partial charge in [0.05, 0.1) is 0 Å². The molecule has 4 heteroatoms. The average molecular weight is 299 g/mol. The molecule has 0 aliphatic rings. The van der Waals surface area contributed by atoms with Gasteiger partial charge in [0, 0.05) is 40.7 Å². The van der Waals surface area contributed by atoms with Gasteiger partial charge < -0.3 is 9.88 Å². The molecule has 0 saturated heterocycles. The number of aromatic nitrogens is 1. The SMILES string of the molecule is CC(C)NCc1c(Br)c2cc(F)ccc2n1C. The maximum atomic E-state index is 13.2. The summed E-state index contributed by atoms with van der Waals surface area (Å²) in [6.07, 6.45) is 0. The van der Waals surface area contributed by atoms with Gasteiger partial charge in [0.2, 0.25) is 0 Å². The van der Waals surface area contributed by atoms with Crippen LogP contribution in [0.2, 0.25) is 0 Å². The Hall–Kier alpha value is -0.870. The van der Waals surface area contributed by atoms with Crippen molar-refractivity contribution in [2.75, 3.05) is 0 Å². The first-order valence-electron chi connectivity index (χ1n) is 5.66. The third-order valence-corrected chi connectivity index (χ3v) is 3.78. The quantitative estimate of drug-likeness (QED) is 0.916. The molecule has 0 atom stereocenters. The highest BCUT2D eigenvalue weighted by atomic mass is 79.9. The number of hydrogen-bond acceptors (Lipinski definition) is 1. The first kappa shape index (κ1) is 12.6. The molecule has 0 spiro atoms. The van der Waals surface area contributed by atoms with E-state index in [4.69, 9.17) is 0 Å². The summed E-state index contributed by atoms with van der Waals surface area (Å²) in [5, 5.41) is 4.30. The van der Waals surface area contributed by atoms with Gasteiger partial charge in [-0.05, 0) is 34.1 Å². The molecule has 0 fully saturated rings. The monoisotopic (exact) mass is 298 g/mol. The summed E-state index contributed by atoms with van der Waals surface area (Å²) >= 11 is 3.56. The van der Waals surface area contributed by atoms with Gasteiger partial charge in [0.15, 0.2) is 0 Å². The number of nitrogens with one attached hydrogen (secondary N) is 1. The molecule has 0 aliphatic heterocycles. The molecular weight excluding hydrogens is 283 g/mol. The molecule has 0 saturated carbocycles. The smallest absolute Gasteiger partial charge is 0.123 e. The van der Waals surface area contributed by atoms with Crippen LogP contribution in [0.1, 0.15) is 19.5 Å². The van der Waals surface area contributed by atoms with Crippen LogP contribution < -0.4 is 5.32 Å². The molecule has 2 aromatic rings. The molecular formula is C13H16BrFN2. The van der Waals surface area contributed by atoms with E-state index < -0.39 is 0 Å². The van der Waals surface area contributed by atoms with E-state index in [9.17, 15) is 4.39 Å². The largest absolute Gasteiger partial charge is 0.345 e. The maximum Gasteiger partial charge on any atom is 0.123 e. The minimum Gasteiger partial charge on any atom is -0.345 e. The molecule has 17 heavy (non-hydrogen) atoms. The van der Waals surface area contributed by atoms with Crippen molar-refractivity contribution in [3.05, 3.63) is 34.2 Å². The zero-order valence-corrected chi connectivity index (χ0v) is 11.8. The lowest BCUT2D eigenvalue weighted by Crippen LogP contribution is -2.23. The zero-order valence-electron chi connectivity index (χ0n) is 10.2. The van der Waals surface area contributed by atoms with E-state index in [1.807, 2.05) is 13.1 Å². The molecule has 0 unspecified atom stereocenters. The minimum atomic E-state index is -0.202. The zero-order chi connectivity index (χ0) is 12.6. The van der Waals surface area contributed by atoms with Crippen LogP contribution in [-0.2, 0) is 13.6 Å². The van der Waals surface area contributed by atoms with Crippen molar-refractivity contribution in [1.82, 2.24) is 9.88 Å². The van der Waals surface area contributed by atoms with Gasteiger partial charge >= 0.3 is 0 Å². The summed E-state index contributed by atoms with van der Waals surface area (Å²) in [7, 11) is 2.00. The summed E-state index contributed by atoms with van der Waals surface area (Å²) < 4.78 is 16.3. The Bertz CT molecular complexity index is 546. The molecule has 0 aliphatic carbocycles. The lowest BCUT2D eigenvalue weighted by molar-refractivity contribution is 0.571. The van der Waals surface area contributed by atoms with Crippen molar-refractivity contribution < 1.29 is 4.39 Å². The predicted octanol–water partition coefficient (Wildman–Crippen LogP) is 3.58. The number of rotatable bonds is 3. The van der Waals surface area contributed by atoms with E-state index in [0.717, 1.165) is 27.6 Å². The van der Waals surface area contributed by atoms with Crippen molar-refractivity contribution in [2.45, 2.75) is 26.4 Å². The van der Waals surface area contributed by atoms with Crippen LogP contribution in [0.4, 0.5) is 4.39 Å². The summed E-state index contributed by atoms with van der Waals surface area (Å²) in [6, 6.07) is 5.30. The van der Waals surface area contributed by atoms with Crippen molar-refractivity contribution in [3.63, 3.8) is 0 Å². The van der Waals surface area contributed by atoms with Crippen molar-refractivity contribution >= 4 is 26.8 Å². The number of fused-ring (bicyclic) bond motifs is 1. The fourth-order valence-corrected chi connectivity index (χ4v) is 2.65. The fourth-order valence-electron chi connectivity index (χ4n) is 1.92. The average Bonchev–Trinajstić information content (AvgIpc) is 2.49. The van der Waals surface area contributed by atoms with Crippen LogP contribution in [-0.4, -0.2) is 10.6 Å². The molecule has 1 aromatic carbocycles. The molecule has 0 bridgehead atoms. The van der Waals surface area contributed by atoms with E-state index in [2.05, 4.69) is 39.7 Å². The molecule has 1 aromatic heterocycles. The second kappa shape index (κ2) is 4.78. The van der Waals surface area contributed by atoms with Crippen LogP contribution in [0.5, 0.6) is 0 Å². The Morgan fingerprint density at radius 3 is 2.76 bits per heavy atom. The number of hydrogen-bond donors (Lipinski definition) is 1. The summed E-state index contributed by atoms with van der Waals surface area (Å²) in [5.74, 6) is -0.202. The van der Waals surface area contributed by atoms with Gasteiger partial charge in [-0.15, -0.1) is 0 Å². The molecule has 2 nitrogen and oxygen atoms in total. The van der Waals surface area contributed by atoms with Gasteiger partial charge in [-0.25, -0.2) is 4.39 Å². The van der Waals surface area contributed by atoms with E-state index in [1.54, 1.807) is 6.07 Å². The van der Waals surface area contributed by atoms with E-state index in [0.29, 0.717) is 6.04 Å². The predicted molar refractivity (Wildman–Crippen MR) is 72.6 cm³/mol. The Kier molecular flexibility index (Phi) is 3.54. The highest BCUT2D eigenvalue weighted by molar-refractivity contribution is 9.10. The molecule has 0 radical (unpaired) electrons. The van der Waals surface area contributed by atoms with Gasteiger partial charge in [0.1, 0.15) is 5.82 Å². The number of benzene rings is 1. The first-order chi connectivity index (χ1) is 8.00. The van der Waals surface area contributed by atoms with Crippen LogP contribution >= 0.6 is 15.9 Å². The van der Waals surface area contributed by atoms with Crippen LogP contribution in [0, 0.1) is 5.82 Å². The molecule has 1 N–H and O–H groups in total. The third kappa shape index (κ3) is 2.38. The van der Waals surface area contributed by atoms with Crippen LogP contribution in [0.15, 0.2) is 22.7 Å². The standard InChI is InChI=1S/C13H16BrFN2/c1-8(2)16-7-12-13(14)10-6-9(15)4-5-11(10)17(12)3/h4-6,8,16H,7H2,1-3H3. The lowest BCUT2D eigenvalue weighted by atomic mass is 10.2. The second-order valence-electron chi connectivity index (χ2n) is 4.52.